The van der Waals surface area contributed by atoms with Gasteiger partial charge in [-0.25, -0.2) is 4.39 Å². The second kappa shape index (κ2) is 11.3. The molecule has 3 rings (SSSR count). The predicted octanol–water partition coefficient (Wildman–Crippen LogP) is 8.28. The summed E-state index contributed by atoms with van der Waals surface area (Å²) in [5, 5.41) is 11.2. The molecule has 0 heterocycles. The van der Waals surface area contributed by atoms with Crippen molar-refractivity contribution < 1.29 is 62.3 Å². The van der Waals surface area contributed by atoms with Crippen molar-refractivity contribution in [2.24, 2.45) is 5.73 Å². The molecule has 0 aromatic heterocycles. The first-order valence-corrected chi connectivity index (χ1v) is 12.1. The highest BCUT2D eigenvalue weighted by molar-refractivity contribution is 9.10. The summed E-state index contributed by atoms with van der Waals surface area (Å²) in [6.07, 6.45) is -20.2. The summed E-state index contributed by atoms with van der Waals surface area (Å²) in [5.41, 5.74) is -10.8. The largest absolute Gasteiger partial charge is 0.457 e. The molecular weight excluding hydrogens is 694 g/mol. The molecule has 3 aromatic rings. The van der Waals surface area contributed by atoms with E-state index in [1.807, 2.05) is 0 Å². The minimum absolute atomic E-state index is 0.0310. The van der Waals surface area contributed by atoms with Crippen LogP contribution in [-0.4, -0.2) is 30.1 Å². The average molecular weight is 706 g/mol. The number of primary amides is 1. The Bertz CT molecular complexity index is 1680. The second-order valence-electron chi connectivity index (χ2n) is 8.85. The smallest absolute Gasteiger partial charge is 0.366 e. The number of carbonyl (C=O) groups is 2. The van der Waals surface area contributed by atoms with Gasteiger partial charge in [-0.3, -0.25) is 9.59 Å². The van der Waals surface area contributed by atoms with Gasteiger partial charge in [-0.2, -0.15) is 53.6 Å². The molecule has 0 aliphatic rings. The molecule has 0 bridgehead atoms. The van der Waals surface area contributed by atoms with Crippen LogP contribution in [0.25, 0.3) is 11.1 Å². The first-order chi connectivity index (χ1) is 20.0. The van der Waals surface area contributed by atoms with Crippen molar-refractivity contribution >= 4 is 33.4 Å². The van der Waals surface area contributed by atoms with E-state index in [1.165, 1.54) is 18.2 Å². The van der Waals surface area contributed by atoms with E-state index < -0.39 is 92.0 Å². The van der Waals surface area contributed by atoms with Gasteiger partial charge < -0.3 is 11.1 Å². The van der Waals surface area contributed by atoms with Gasteiger partial charge in [-0.1, -0.05) is 28.1 Å². The second-order valence-corrected chi connectivity index (χ2v) is 9.70. The fourth-order valence-corrected chi connectivity index (χ4v) is 4.72. The molecule has 0 aliphatic carbocycles. The maximum atomic E-state index is 15.2. The molecule has 0 radical (unpaired) electrons. The van der Waals surface area contributed by atoms with Crippen molar-refractivity contribution in [2.45, 2.75) is 30.1 Å². The Kier molecular flexibility index (Phi) is 8.82. The Balaban J connectivity index is 2.43. The molecule has 44 heavy (non-hydrogen) atoms. The standard InChI is InChI=1S/C26H12BrF12N3O2/c27-16-9-13(22(28,25(34,35)36)24(32,33)26(37,38)39)8-15(23(29,30)31)19(16)18-14(20(41)43)5-2-6-17(18)42-21(44)12-4-1-3-11(7-12)10-40/h1-9H,(H2,41,43)(H,42,44). The zero-order chi connectivity index (χ0) is 33.6. The maximum absolute atomic E-state index is 15.2. The van der Waals surface area contributed by atoms with Crippen LogP contribution in [0.4, 0.5) is 58.4 Å². The highest BCUT2D eigenvalue weighted by atomic mass is 79.9. The molecule has 0 saturated heterocycles. The number of hydrogen-bond donors (Lipinski definition) is 2. The number of amides is 2. The fraction of sp³-hybridized carbons (Fsp3) is 0.192. The highest BCUT2D eigenvalue weighted by Gasteiger charge is 2.82. The van der Waals surface area contributed by atoms with Crippen LogP contribution in [0.1, 0.15) is 37.4 Å². The van der Waals surface area contributed by atoms with Crippen molar-refractivity contribution in [1.29, 1.82) is 5.26 Å². The lowest BCUT2D eigenvalue weighted by Gasteiger charge is -2.36. The Morgan fingerprint density at radius 2 is 1.39 bits per heavy atom. The number of nitrogens with zero attached hydrogens (tertiary/aromatic N) is 1. The summed E-state index contributed by atoms with van der Waals surface area (Å²) in [7, 11) is 0. The van der Waals surface area contributed by atoms with Crippen molar-refractivity contribution in [2.75, 3.05) is 5.32 Å². The van der Waals surface area contributed by atoms with Gasteiger partial charge in [0, 0.05) is 38.0 Å². The number of anilines is 1. The van der Waals surface area contributed by atoms with Crippen LogP contribution in [0, 0.1) is 11.3 Å². The summed E-state index contributed by atoms with van der Waals surface area (Å²) < 4.78 is 165. The number of halogens is 13. The molecule has 0 fully saturated rings. The lowest BCUT2D eigenvalue weighted by Crippen LogP contribution is -2.59. The van der Waals surface area contributed by atoms with Crippen LogP contribution in [0.5, 0.6) is 0 Å². The highest BCUT2D eigenvalue weighted by Crippen LogP contribution is 2.59. The van der Waals surface area contributed by atoms with Gasteiger partial charge in [0.15, 0.2) is 0 Å². The Hall–Kier alpha value is -4.27. The first kappa shape index (κ1) is 34.2. The molecule has 2 amide bonds. The molecule has 3 aromatic carbocycles. The van der Waals surface area contributed by atoms with E-state index in [0.29, 0.717) is 0 Å². The van der Waals surface area contributed by atoms with Crippen molar-refractivity contribution in [3.8, 4) is 17.2 Å². The first-order valence-electron chi connectivity index (χ1n) is 11.3. The van der Waals surface area contributed by atoms with Crippen molar-refractivity contribution in [1.82, 2.24) is 0 Å². The van der Waals surface area contributed by atoms with Crippen molar-refractivity contribution in [3.63, 3.8) is 0 Å². The summed E-state index contributed by atoms with van der Waals surface area (Å²) >= 11 is 2.39. The number of nitrogens with two attached hydrogens (primary N) is 1. The van der Waals surface area contributed by atoms with E-state index in [4.69, 9.17) is 11.0 Å². The summed E-state index contributed by atoms with van der Waals surface area (Å²) in [6, 6.07) is 7.88. The number of rotatable bonds is 6. The van der Waals surface area contributed by atoms with E-state index >= 15 is 4.39 Å². The van der Waals surface area contributed by atoms with Crippen LogP contribution in [0.2, 0.25) is 0 Å². The minimum Gasteiger partial charge on any atom is -0.366 e. The van der Waals surface area contributed by atoms with Gasteiger partial charge in [0.25, 0.3) is 5.91 Å². The van der Waals surface area contributed by atoms with Gasteiger partial charge in [-0.15, -0.1) is 0 Å². The van der Waals surface area contributed by atoms with E-state index in [2.05, 4.69) is 21.2 Å². The number of nitriles is 1. The van der Waals surface area contributed by atoms with Gasteiger partial charge in [0.1, 0.15) is 0 Å². The number of benzene rings is 3. The summed E-state index contributed by atoms with van der Waals surface area (Å²) in [5.74, 6) is -9.87. The Labute approximate surface area is 246 Å². The van der Waals surface area contributed by atoms with Crippen LogP contribution in [-0.2, 0) is 11.8 Å². The SMILES string of the molecule is N#Cc1cccc(C(=O)Nc2cccc(C(N)=O)c2-c2c(Br)cc(C(F)(C(F)(F)F)C(F)(F)C(F)(F)F)cc2C(F)(F)F)c1. The summed E-state index contributed by atoms with van der Waals surface area (Å²) in [6.45, 7) is 0. The van der Waals surface area contributed by atoms with Crippen LogP contribution in [0.3, 0.4) is 0 Å². The quantitative estimate of drug-likeness (QED) is 0.253. The molecule has 3 N–H and O–H groups in total. The van der Waals surface area contributed by atoms with Crippen molar-refractivity contribution in [3.05, 3.63) is 86.9 Å². The zero-order valence-electron chi connectivity index (χ0n) is 21.0. The van der Waals surface area contributed by atoms with Crippen LogP contribution in [0.15, 0.2) is 59.1 Å². The third kappa shape index (κ3) is 5.92. The van der Waals surface area contributed by atoms with E-state index in [0.717, 1.165) is 24.3 Å². The molecule has 0 saturated carbocycles. The monoisotopic (exact) mass is 705 g/mol. The van der Waals surface area contributed by atoms with Crippen LogP contribution >= 0.6 is 15.9 Å². The zero-order valence-corrected chi connectivity index (χ0v) is 22.5. The lowest BCUT2D eigenvalue weighted by atomic mass is 9.84. The minimum atomic E-state index is -7.29. The third-order valence-corrected chi connectivity index (χ3v) is 6.68. The maximum Gasteiger partial charge on any atom is 0.457 e. The average Bonchev–Trinajstić information content (AvgIpc) is 2.90. The van der Waals surface area contributed by atoms with E-state index in [1.54, 1.807) is 6.07 Å². The topological polar surface area (TPSA) is 96.0 Å². The Morgan fingerprint density at radius 1 is 0.795 bits per heavy atom. The Morgan fingerprint density at radius 3 is 1.89 bits per heavy atom. The predicted molar refractivity (Wildman–Crippen MR) is 132 cm³/mol. The molecule has 234 valence electrons. The number of carbonyl (C=O) groups excluding carboxylic acids is 2. The van der Waals surface area contributed by atoms with E-state index in [9.17, 15) is 57.9 Å². The van der Waals surface area contributed by atoms with Crippen LogP contribution < -0.4 is 11.1 Å². The molecule has 1 unspecified atom stereocenters. The molecule has 18 heteroatoms. The van der Waals surface area contributed by atoms with E-state index in [-0.39, 0.29) is 11.1 Å². The molecule has 0 aliphatic heterocycles. The van der Waals surface area contributed by atoms with Gasteiger partial charge in [0.2, 0.25) is 5.91 Å². The molecule has 1 atom stereocenters. The number of nitrogens with one attached hydrogen (secondary N) is 1. The number of alkyl halides is 12. The lowest BCUT2D eigenvalue weighted by molar-refractivity contribution is -0.389. The summed E-state index contributed by atoms with van der Waals surface area (Å²) in [4.78, 5) is 25.1. The van der Waals surface area contributed by atoms with Gasteiger partial charge in [-0.05, 0) is 42.5 Å². The fourth-order valence-electron chi connectivity index (χ4n) is 4.06. The van der Waals surface area contributed by atoms with Gasteiger partial charge >= 0.3 is 30.1 Å². The normalized spacial score (nSPS) is 14.0. The molecule has 5 nitrogen and oxygen atoms in total. The number of hydrogen-bond acceptors (Lipinski definition) is 3. The molecule has 0 spiro atoms. The van der Waals surface area contributed by atoms with Gasteiger partial charge in [0.05, 0.1) is 17.2 Å². The third-order valence-electron chi connectivity index (χ3n) is 6.05. The molecular formula is C26H12BrF12N3O2.